The second-order valence-electron chi connectivity index (χ2n) is 4.71. The van der Waals surface area contributed by atoms with E-state index in [4.69, 9.17) is 14.6 Å². The third kappa shape index (κ3) is 4.08. The number of rotatable bonds is 4. The maximum absolute atomic E-state index is 11.6. The predicted molar refractivity (Wildman–Crippen MR) is 79.4 cm³/mol. The summed E-state index contributed by atoms with van der Waals surface area (Å²) in [6, 6.07) is 3.68. The van der Waals surface area contributed by atoms with Crippen LogP contribution in [-0.4, -0.2) is 31.1 Å². The Bertz CT molecular complexity index is 548. The fourth-order valence-electron chi connectivity index (χ4n) is 2.17. The first-order chi connectivity index (χ1) is 9.94. The lowest BCUT2D eigenvalue weighted by molar-refractivity contribution is -0.135. The van der Waals surface area contributed by atoms with Crippen LogP contribution in [0.3, 0.4) is 0 Å². The summed E-state index contributed by atoms with van der Waals surface area (Å²) < 4.78 is 10.4. The highest BCUT2D eigenvalue weighted by atomic mass is 16.5. The van der Waals surface area contributed by atoms with Crippen LogP contribution in [0.2, 0.25) is 0 Å². The van der Waals surface area contributed by atoms with Crippen molar-refractivity contribution in [3.63, 3.8) is 0 Å². The van der Waals surface area contributed by atoms with E-state index in [9.17, 15) is 9.59 Å². The molecule has 1 aromatic rings. The van der Waals surface area contributed by atoms with Crippen molar-refractivity contribution in [1.82, 2.24) is 0 Å². The van der Waals surface area contributed by atoms with Crippen molar-refractivity contribution in [2.24, 2.45) is 0 Å². The van der Waals surface area contributed by atoms with Crippen LogP contribution in [0.25, 0.3) is 0 Å². The molecule has 0 saturated carbocycles. The molecule has 1 N–H and O–H groups in total. The van der Waals surface area contributed by atoms with Crippen LogP contribution in [-0.2, 0) is 4.79 Å². The van der Waals surface area contributed by atoms with Crippen LogP contribution in [0, 0.1) is 0 Å². The van der Waals surface area contributed by atoms with E-state index >= 15 is 0 Å². The minimum absolute atomic E-state index is 0.0556. The quantitative estimate of drug-likeness (QED) is 0.863. The normalized spacial score (nSPS) is 15.6. The molecular formula is C16H20O5. The monoisotopic (exact) mass is 292 g/mol. The molecule has 0 bridgehead atoms. The molecule has 0 aromatic heterocycles. The van der Waals surface area contributed by atoms with E-state index in [1.165, 1.54) is 6.08 Å². The number of ketones is 1. The Hall–Kier alpha value is -2.30. The smallest absolute Gasteiger partial charge is 0.307 e. The lowest BCUT2D eigenvalue weighted by Crippen LogP contribution is -1.96. The zero-order valence-electron chi connectivity index (χ0n) is 12.5. The predicted octanol–water partition coefficient (Wildman–Crippen LogP) is 3.04. The largest absolute Gasteiger partial charge is 0.493 e. The summed E-state index contributed by atoms with van der Waals surface area (Å²) in [6.07, 6.45) is 1.99. The number of hydrogen-bond acceptors (Lipinski definition) is 4. The number of methoxy groups -OCH3 is 2. The molecule has 1 atom stereocenters. The summed E-state index contributed by atoms with van der Waals surface area (Å²) >= 11 is 0. The number of Topliss-reactive ketones (excluding diaryl/α,β-unsaturated/α-hetero) is 1. The summed E-state index contributed by atoms with van der Waals surface area (Å²) in [5.41, 5.74) is 1.85. The number of carboxylic acid groups (broad SMARTS) is 1. The first-order valence-electron chi connectivity index (χ1n) is 6.56. The Morgan fingerprint density at radius 1 is 1.38 bits per heavy atom. The molecule has 1 unspecified atom stereocenters. The molecule has 5 nitrogen and oxygen atoms in total. The number of benzene rings is 1. The highest BCUT2D eigenvalue weighted by Gasteiger charge is 2.28. The summed E-state index contributed by atoms with van der Waals surface area (Å²) in [6.45, 7) is 5.27. The molecule has 114 valence electrons. The van der Waals surface area contributed by atoms with Crippen molar-refractivity contribution in [3.05, 3.63) is 35.9 Å². The van der Waals surface area contributed by atoms with Gasteiger partial charge in [-0.15, -0.1) is 6.58 Å². The van der Waals surface area contributed by atoms with Crippen LogP contribution in [0.15, 0.2) is 24.8 Å². The van der Waals surface area contributed by atoms with E-state index in [1.807, 2.05) is 6.07 Å². The van der Waals surface area contributed by atoms with Crippen molar-refractivity contribution in [2.75, 3.05) is 14.2 Å². The van der Waals surface area contributed by atoms with Crippen molar-refractivity contribution in [3.8, 4) is 11.5 Å². The van der Waals surface area contributed by atoms with Gasteiger partial charge in [-0.1, -0.05) is 13.0 Å². The van der Waals surface area contributed by atoms with Gasteiger partial charge in [-0.3, -0.25) is 9.59 Å². The number of hydrogen-bond donors (Lipinski definition) is 1. The van der Waals surface area contributed by atoms with Gasteiger partial charge in [-0.2, -0.15) is 0 Å². The molecule has 2 rings (SSSR count). The van der Waals surface area contributed by atoms with Gasteiger partial charge in [0.15, 0.2) is 17.3 Å². The van der Waals surface area contributed by atoms with E-state index in [2.05, 4.69) is 13.5 Å². The molecule has 1 aliphatic carbocycles. The molecule has 0 heterocycles. The second kappa shape index (κ2) is 7.47. The van der Waals surface area contributed by atoms with Crippen molar-refractivity contribution in [2.45, 2.75) is 25.7 Å². The summed E-state index contributed by atoms with van der Waals surface area (Å²) in [7, 11) is 3.18. The zero-order valence-corrected chi connectivity index (χ0v) is 12.5. The summed E-state index contributed by atoms with van der Waals surface area (Å²) in [5, 5.41) is 7.84. The van der Waals surface area contributed by atoms with Crippen LogP contribution < -0.4 is 9.47 Å². The summed E-state index contributed by atoms with van der Waals surface area (Å²) in [4.78, 5) is 21.2. The SMILES string of the molecule is C=CCC(=O)O.COc1cc2c(cc1OC)C(C)CC2=O. The number of fused-ring (bicyclic) bond motifs is 1. The first kappa shape index (κ1) is 16.8. The Labute approximate surface area is 124 Å². The van der Waals surface area contributed by atoms with E-state index in [0.29, 0.717) is 17.9 Å². The molecule has 0 fully saturated rings. The second-order valence-corrected chi connectivity index (χ2v) is 4.71. The number of ether oxygens (including phenoxy) is 2. The minimum atomic E-state index is -0.829. The molecular weight excluding hydrogens is 272 g/mol. The van der Waals surface area contributed by atoms with Crippen LogP contribution in [0.4, 0.5) is 0 Å². The fourth-order valence-corrected chi connectivity index (χ4v) is 2.17. The zero-order chi connectivity index (χ0) is 16.0. The van der Waals surface area contributed by atoms with Crippen molar-refractivity contribution < 1.29 is 24.2 Å². The molecule has 21 heavy (non-hydrogen) atoms. The standard InChI is InChI=1S/C12H14O3.C4H6O2/c1-7-4-10(13)9-6-12(15-3)11(14-2)5-8(7)9;1-2-3-4(5)6/h5-7H,4H2,1-3H3;2H,1,3H2,(H,5,6). The third-order valence-corrected chi connectivity index (χ3v) is 3.20. The highest BCUT2D eigenvalue weighted by molar-refractivity contribution is 6.02. The van der Waals surface area contributed by atoms with Gasteiger partial charge in [-0.05, 0) is 23.6 Å². The lowest BCUT2D eigenvalue weighted by Gasteiger charge is -2.10. The van der Waals surface area contributed by atoms with Crippen LogP contribution in [0.1, 0.15) is 41.6 Å². The van der Waals surface area contributed by atoms with Gasteiger partial charge < -0.3 is 14.6 Å². The van der Waals surface area contributed by atoms with Gasteiger partial charge in [-0.25, -0.2) is 0 Å². The lowest BCUT2D eigenvalue weighted by atomic mass is 10.0. The van der Waals surface area contributed by atoms with Gasteiger partial charge in [0.1, 0.15) is 0 Å². The molecule has 1 aromatic carbocycles. The minimum Gasteiger partial charge on any atom is -0.493 e. The molecule has 0 amide bonds. The Morgan fingerprint density at radius 2 is 1.95 bits per heavy atom. The van der Waals surface area contributed by atoms with E-state index in [-0.39, 0.29) is 18.1 Å². The number of carbonyl (C=O) groups excluding carboxylic acids is 1. The van der Waals surface area contributed by atoms with Gasteiger partial charge >= 0.3 is 5.97 Å². The van der Waals surface area contributed by atoms with Gasteiger partial charge in [0.2, 0.25) is 0 Å². The highest BCUT2D eigenvalue weighted by Crippen LogP contribution is 2.39. The average Bonchev–Trinajstić information content (AvgIpc) is 2.72. The topological polar surface area (TPSA) is 72.8 Å². The molecule has 0 radical (unpaired) electrons. The fraction of sp³-hybridized carbons (Fsp3) is 0.375. The Kier molecular flexibility index (Phi) is 5.96. The van der Waals surface area contributed by atoms with Crippen molar-refractivity contribution in [1.29, 1.82) is 0 Å². The van der Waals surface area contributed by atoms with E-state index in [0.717, 1.165) is 11.1 Å². The van der Waals surface area contributed by atoms with E-state index in [1.54, 1.807) is 20.3 Å². The molecule has 0 spiro atoms. The first-order valence-corrected chi connectivity index (χ1v) is 6.56. The number of carboxylic acids is 1. The van der Waals surface area contributed by atoms with Gasteiger partial charge in [0, 0.05) is 12.0 Å². The molecule has 1 aliphatic rings. The van der Waals surface area contributed by atoms with Crippen LogP contribution >= 0.6 is 0 Å². The van der Waals surface area contributed by atoms with E-state index < -0.39 is 5.97 Å². The number of aliphatic carboxylic acids is 1. The summed E-state index contributed by atoms with van der Waals surface area (Å²) in [5.74, 6) is 0.965. The maximum atomic E-state index is 11.6. The average molecular weight is 292 g/mol. The number of carbonyl (C=O) groups is 2. The van der Waals surface area contributed by atoms with Crippen LogP contribution in [0.5, 0.6) is 11.5 Å². The van der Waals surface area contributed by atoms with Crippen molar-refractivity contribution >= 4 is 11.8 Å². The van der Waals surface area contributed by atoms with Gasteiger partial charge in [0.25, 0.3) is 0 Å². The maximum Gasteiger partial charge on any atom is 0.307 e. The molecule has 5 heteroatoms. The Morgan fingerprint density at radius 3 is 2.38 bits per heavy atom. The molecule has 0 saturated heterocycles. The molecule has 0 aliphatic heterocycles. The Balaban J connectivity index is 0.000000315. The third-order valence-electron chi connectivity index (χ3n) is 3.20. The van der Waals surface area contributed by atoms with Gasteiger partial charge in [0.05, 0.1) is 20.6 Å².